The van der Waals surface area contributed by atoms with Gasteiger partial charge in [0.1, 0.15) is 18.1 Å². The molecule has 1 amide bonds. The van der Waals surface area contributed by atoms with Crippen molar-refractivity contribution < 1.29 is 14.3 Å². The van der Waals surface area contributed by atoms with Crippen LogP contribution in [-0.2, 0) is 4.79 Å². The average Bonchev–Trinajstić information content (AvgIpc) is 2.62. The van der Waals surface area contributed by atoms with Gasteiger partial charge in [-0.15, -0.1) is 0 Å². The molecule has 0 N–H and O–H groups in total. The van der Waals surface area contributed by atoms with Gasteiger partial charge in [-0.2, -0.15) is 0 Å². The van der Waals surface area contributed by atoms with Crippen LogP contribution in [0, 0.1) is 0 Å². The van der Waals surface area contributed by atoms with Crippen LogP contribution in [0.1, 0.15) is 32.6 Å². The van der Waals surface area contributed by atoms with Gasteiger partial charge in [-0.3, -0.25) is 9.69 Å². The van der Waals surface area contributed by atoms with Gasteiger partial charge in [0.2, 0.25) is 5.91 Å². The zero-order chi connectivity index (χ0) is 17.4. The Morgan fingerprint density at radius 3 is 2.62 bits per heavy atom. The van der Waals surface area contributed by atoms with E-state index in [0.29, 0.717) is 13.2 Å². The Hall–Kier alpha value is -1.75. The van der Waals surface area contributed by atoms with Crippen molar-refractivity contribution >= 4 is 5.91 Å². The predicted octanol–water partition coefficient (Wildman–Crippen LogP) is 2.80. The van der Waals surface area contributed by atoms with Crippen molar-refractivity contribution in [3.8, 4) is 11.5 Å². The van der Waals surface area contributed by atoms with E-state index in [0.717, 1.165) is 43.9 Å². The Morgan fingerprint density at radius 1 is 1.25 bits per heavy atom. The number of carbonyl (C=O) groups excluding carboxylic acids is 1. The number of carbonyl (C=O) groups is 1. The summed E-state index contributed by atoms with van der Waals surface area (Å²) in [6, 6.07) is 7.55. The van der Waals surface area contributed by atoms with E-state index in [9.17, 15) is 4.79 Å². The molecule has 1 atom stereocenters. The van der Waals surface area contributed by atoms with Gasteiger partial charge in [-0.25, -0.2) is 0 Å². The number of rotatable bonds is 8. The number of amides is 1. The van der Waals surface area contributed by atoms with Gasteiger partial charge in [0.15, 0.2) is 0 Å². The van der Waals surface area contributed by atoms with Gasteiger partial charge in [0.05, 0.1) is 19.7 Å². The number of ether oxygens (including phenoxy) is 2. The summed E-state index contributed by atoms with van der Waals surface area (Å²) in [6.45, 7) is 5.31. The second-order valence-corrected chi connectivity index (χ2v) is 6.33. The highest BCUT2D eigenvalue weighted by Crippen LogP contribution is 2.19. The molecule has 5 nitrogen and oxygen atoms in total. The Labute approximate surface area is 145 Å². The fraction of sp³-hybridized carbons (Fsp3) is 0.632. The molecule has 1 aromatic carbocycles. The molecule has 1 saturated heterocycles. The first-order valence-electron chi connectivity index (χ1n) is 8.91. The minimum atomic E-state index is 0.0460. The molecule has 1 heterocycles. The van der Waals surface area contributed by atoms with Gasteiger partial charge in [0.25, 0.3) is 0 Å². The summed E-state index contributed by atoms with van der Waals surface area (Å²) in [6.07, 6.45) is 4.41. The van der Waals surface area contributed by atoms with E-state index >= 15 is 0 Å². The molecule has 24 heavy (non-hydrogen) atoms. The largest absolute Gasteiger partial charge is 0.497 e. The van der Waals surface area contributed by atoms with Crippen molar-refractivity contribution in [3.05, 3.63) is 24.3 Å². The SMILES string of the molecule is CCCN1CCCCC1C(=O)N(C)CCOc1ccc(OC)cc1. The minimum absolute atomic E-state index is 0.0460. The average molecular weight is 334 g/mol. The third-order valence-corrected chi connectivity index (χ3v) is 4.54. The first kappa shape index (κ1) is 18.6. The van der Waals surface area contributed by atoms with Gasteiger partial charge >= 0.3 is 0 Å². The maximum absolute atomic E-state index is 12.7. The Balaban J connectivity index is 1.79. The van der Waals surface area contributed by atoms with Gasteiger partial charge in [-0.05, 0) is 56.6 Å². The normalized spacial score (nSPS) is 18.2. The van der Waals surface area contributed by atoms with Gasteiger partial charge in [-0.1, -0.05) is 13.3 Å². The van der Waals surface area contributed by atoms with E-state index in [1.807, 2.05) is 36.2 Å². The number of piperidine rings is 1. The van der Waals surface area contributed by atoms with Crippen LogP contribution in [0.4, 0.5) is 0 Å². The van der Waals surface area contributed by atoms with Crippen LogP contribution in [0.5, 0.6) is 11.5 Å². The topological polar surface area (TPSA) is 42.0 Å². The van der Waals surface area contributed by atoms with E-state index in [1.54, 1.807) is 7.11 Å². The zero-order valence-electron chi connectivity index (χ0n) is 15.2. The Bertz CT molecular complexity index is 502. The third-order valence-electron chi connectivity index (χ3n) is 4.54. The van der Waals surface area contributed by atoms with Crippen LogP contribution < -0.4 is 9.47 Å². The van der Waals surface area contributed by atoms with E-state index < -0.39 is 0 Å². The Kier molecular flexibility index (Phi) is 7.37. The van der Waals surface area contributed by atoms with Crippen molar-refractivity contribution in [3.63, 3.8) is 0 Å². The summed E-state index contributed by atoms with van der Waals surface area (Å²) in [5.41, 5.74) is 0. The highest BCUT2D eigenvalue weighted by molar-refractivity contribution is 5.81. The standard InChI is InChI=1S/C19H30N2O3/c1-4-12-21-13-6-5-7-18(21)19(22)20(2)14-15-24-17-10-8-16(23-3)9-11-17/h8-11,18H,4-7,12-15H2,1-3H3. The van der Waals surface area contributed by atoms with Crippen LogP contribution in [0.15, 0.2) is 24.3 Å². The lowest BCUT2D eigenvalue weighted by Gasteiger charge is -2.36. The predicted molar refractivity (Wildman–Crippen MR) is 95.6 cm³/mol. The highest BCUT2D eigenvalue weighted by Gasteiger charge is 2.29. The van der Waals surface area contributed by atoms with Crippen LogP contribution in [0.2, 0.25) is 0 Å². The number of likely N-dealkylation sites (N-methyl/N-ethyl adjacent to an activating group) is 1. The van der Waals surface area contributed by atoms with Gasteiger partial charge in [0, 0.05) is 7.05 Å². The van der Waals surface area contributed by atoms with Crippen molar-refractivity contribution in [2.24, 2.45) is 0 Å². The fourth-order valence-corrected chi connectivity index (χ4v) is 3.16. The molecule has 2 rings (SSSR count). The van der Waals surface area contributed by atoms with Gasteiger partial charge < -0.3 is 14.4 Å². The summed E-state index contributed by atoms with van der Waals surface area (Å²) < 4.78 is 10.9. The summed E-state index contributed by atoms with van der Waals surface area (Å²) in [5, 5.41) is 0. The quantitative estimate of drug-likeness (QED) is 0.733. The second kappa shape index (κ2) is 9.52. The summed E-state index contributed by atoms with van der Waals surface area (Å²) >= 11 is 0. The summed E-state index contributed by atoms with van der Waals surface area (Å²) in [5.74, 6) is 1.83. The second-order valence-electron chi connectivity index (χ2n) is 6.33. The molecule has 0 saturated carbocycles. The fourth-order valence-electron chi connectivity index (χ4n) is 3.16. The molecule has 5 heteroatoms. The van der Waals surface area contributed by atoms with Crippen molar-refractivity contribution in [1.29, 1.82) is 0 Å². The highest BCUT2D eigenvalue weighted by atomic mass is 16.5. The maximum Gasteiger partial charge on any atom is 0.239 e. The van der Waals surface area contributed by atoms with E-state index in [1.165, 1.54) is 6.42 Å². The molecule has 0 aromatic heterocycles. The van der Waals surface area contributed by atoms with E-state index in [2.05, 4.69) is 11.8 Å². The molecule has 134 valence electrons. The van der Waals surface area contributed by atoms with E-state index in [4.69, 9.17) is 9.47 Å². The molecule has 1 fully saturated rings. The third kappa shape index (κ3) is 5.13. The first-order chi connectivity index (χ1) is 11.7. The van der Waals surface area contributed by atoms with E-state index in [-0.39, 0.29) is 11.9 Å². The first-order valence-corrected chi connectivity index (χ1v) is 8.91. The van der Waals surface area contributed by atoms with Crippen molar-refractivity contribution in [2.45, 2.75) is 38.6 Å². The molecule has 1 aliphatic rings. The lowest BCUT2D eigenvalue weighted by molar-refractivity contribution is -0.137. The van der Waals surface area contributed by atoms with Crippen LogP contribution in [0.25, 0.3) is 0 Å². The number of hydrogen-bond acceptors (Lipinski definition) is 4. The lowest BCUT2D eigenvalue weighted by atomic mass is 10.0. The lowest BCUT2D eigenvalue weighted by Crippen LogP contribution is -2.50. The molecule has 1 aliphatic heterocycles. The van der Waals surface area contributed by atoms with Crippen LogP contribution in [0.3, 0.4) is 0 Å². The number of benzene rings is 1. The maximum atomic E-state index is 12.7. The molecule has 0 bridgehead atoms. The zero-order valence-corrected chi connectivity index (χ0v) is 15.2. The van der Waals surface area contributed by atoms with Crippen LogP contribution in [-0.4, -0.2) is 62.1 Å². The molecule has 1 aromatic rings. The summed E-state index contributed by atoms with van der Waals surface area (Å²) in [7, 11) is 3.52. The molecular formula is C19H30N2O3. The minimum Gasteiger partial charge on any atom is -0.497 e. The summed E-state index contributed by atoms with van der Waals surface area (Å²) in [4.78, 5) is 16.9. The van der Waals surface area contributed by atoms with Crippen molar-refractivity contribution in [1.82, 2.24) is 9.80 Å². The molecule has 0 spiro atoms. The molecule has 0 radical (unpaired) electrons. The molecule has 1 unspecified atom stereocenters. The molecule has 0 aliphatic carbocycles. The number of likely N-dealkylation sites (tertiary alicyclic amines) is 1. The number of methoxy groups -OCH3 is 1. The monoisotopic (exact) mass is 334 g/mol. The smallest absolute Gasteiger partial charge is 0.239 e. The Morgan fingerprint density at radius 2 is 1.96 bits per heavy atom. The number of nitrogens with zero attached hydrogens (tertiary/aromatic N) is 2. The number of hydrogen-bond donors (Lipinski definition) is 0. The molecular weight excluding hydrogens is 304 g/mol. The van der Waals surface area contributed by atoms with Crippen LogP contribution >= 0.6 is 0 Å². The van der Waals surface area contributed by atoms with Crippen molar-refractivity contribution in [2.75, 3.05) is 40.4 Å².